The van der Waals surface area contributed by atoms with Gasteiger partial charge >= 0.3 is 0 Å². The second-order valence-corrected chi connectivity index (χ2v) is 5.56. The maximum Gasteiger partial charge on any atom is 0.153 e. The first-order valence-electron chi connectivity index (χ1n) is 7.67. The van der Waals surface area contributed by atoms with E-state index in [1.54, 1.807) is 24.3 Å². The van der Waals surface area contributed by atoms with E-state index >= 15 is 0 Å². The molecule has 3 nitrogen and oxygen atoms in total. The van der Waals surface area contributed by atoms with Gasteiger partial charge in [0.25, 0.3) is 0 Å². The normalized spacial score (nSPS) is 13.5. The van der Waals surface area contributed by atoms with Gasteiger partial charge in [0.1, 0.15) is 11.5 Å². The van der Waals surface area contributed by atoms with Crippen molar-refractivity contribution in [3.8, 4) is 11.5 Å². The van der Waals surface area contributed by atoms with Crippen molar-refractivity contribution in [2.75, 3.05) is 0 Å². The number of phenols is 2. The molecule has 3 heteroatoms. The maximum atomic E-state index is 11.0. The Kier molecular flexibility index (Phi) is 5.21. The Morgan fingerprint density at radius 2 is 1.45 bits per heavy atom. The van der Waals surface area contributed by atoms with Crippen LogP contribution in [-0.2, 0) is 0 Å². The molecule has 2 N–H and O–H groups in total. The Balaban J connectivity index is 2.40. The molecule has 0 heterocycles. The number of carbonyl (C=O) groups is 1. The standard InChI is InChI=1S/C19H22O3/c1-3-17(13-5-8-16(21)9-6-13)18(4-2)14-7-10-19(22)15(11-14)12-20/h5-12,17-18,21-22H,3-4H2,1-2H3. The van der Waals surface area contributed by atoms with Gasteiger partial charge in [0, 0.05) is 0 Å². The van der Waals surface area contributed by atoms with Gasteiger partial charge in [0.15, 0.2) is 6.29 Å². The molecular formula is C19H22O3. The summed E-state index contributed by atoms with van der Waals surface area (Å²) < 4.78 is 0. The summed E-state index contributed by atoms with van der Waals surface area (Å²) in [5, 5.41) is 19.1. The van der Waals surface area contributed by atoms with Crippen LogP contribution in [0.3, 0.4) is 0 Å². The first kappa shape index (κ1) is 16.1. The zero-order valence-corrected chi connectivity index (χ0v) is 13.0. The van der Waals surface area contributed by atoms with Crippen LogP contribution >= 0.6 is 0 Å². The fourth-order valence-electron chi connectivity index (χ4n) is 3.12. The summed E-state index contributed by atoms with van der Waals surface area (Å²) in [4.78, 5) is 11.0. The summed E-state index contributed by atoms with van der Waals surface area (Å²) >= 11 is 0. The van der Waals surface area contributed by atoms with Gasteiger partial charge in [-0.15, -0.1) is 0 Å². The third kappa shape index (κ3) is 3.30. The zero-order chi connectivity index (χ0) is 16.1. The predicted octanol–water partition coefficient (Wildman–Crippen LogP) is 4.60. The molecule has 2 atom stereocenters. The molecule has 0 bridgehead atoms. The van der Waals surface area contributed by atoms with Crippen molar-refractivity contribution in [2.24, 2.45) is 0 Å². The lowest BCUT2D eigenvalue weighted by molar-refractivity contribution is 0.112. The van der Waals surface area contributed by atoms with Crippen molar-refractivity contribution >= 4 is 6.29 Å². The molecule has 116 valence electrons. The number of hydrogen-bond acceptors (Lipinski definition) is 3. The third-order valence-electron chi connectivity index (χ3n) is 4.29. The average molecular weight is 298 g/mol. The van der Waals surface area contributed by atoms with Gasteiger partial charge in [-0.1, -0.05) is 32.0 Å². The van der Waals surface area contributed by atoms with Crippen LogP contribution in [0.25, 0.3) is 0 Å². The summed E-state index contributed by atoms with van der Waals surface area (Å²) in [7, 11) is 0. The smallest absolute Gasteiger partial charge is 0.153 e. The van der Waals surface area contributed by atoms with Crippen molar-refractivity contribution in [1.82, 2.24) is 0 Å². The summed E-state index contributed by atoms with van der Waals surface area (Å²) in [6.45, 7) is 4.27. The number of rotatable bonds is 6. The number of carbonyl (C=O) groups excluding carboxylic acids is 1. The van der Waals surface area contributed by atoms with Gasteiger partial charge in [-0.2, -0.15) is 0 Å². The van der Waals surface area contributed by atoms with Crippen LogP contribution in [-0.4, -0.2) is 16.5 Å². The minimum Gasteiger partial charge on any atom is -0.508 e. The molecule has 2 unspecified atom stereocenters. The van der Waals surface area contributed by atoms with Crippen molar-refractivity contribution in [2.45, 2.75) is 38.5 Å². The van der Waals surface area contributed by atoms with E-state index in [0.717, 1.165) is 18.4 Å². The molecule has 22 heavy (non-hydrogen) atoms. The Bertz CT molecular complexity index is 632. The summed E-state index contributed by atoms with van der Waals surface area (Å²) in [5.74, 6) is 0.842. The molecule has 2 rings (SSSR count). The molecule has 2 aromatic rings. The average Bonchev–Trinajstić information content (AvgIpc) is 2.54. The van der Waals surface area contributed by atoms with E-state index in [0.29, 0.717) is 17.8 Å². The molecular weight excluding hydrogens is 276 g/mol. The van der Waals surface area contributed by atoms with Crippen LogP contribution < -0.4 is 0 Å². The number of aldehydes is 1. The van der Waals surface area contributed by atoms with E-state index in [4.69, 9.17) is 0 Å². The molecule has 0 aliphatic carbocycles. The SMILES string of the molecule is CCC(c1ccc(O)cc1)C(CC)c1ccc(O)c(C=O)c1. The lowest BCUT2D eigenvalue weighted by atomic mass is 9.78. The Labute approximate surface area is 131 Å². The van der Waals surface area contributed by atoms with Gasteiger partial charge in [-0.25, -0.2) is 0 Å². The Morgan fingerprint density at radius 3 is 2.00 bits per heavy atom. The molecule has 0 radical (unpaired) electrons. The predicted molar refractivity (Wildman–Crippen MR) is 87.7 cm³/mol. The van der Waals surface area contributed by atoms with Gasteiger partial charge in [-0.3, -0.25) is 4.79 Å². The zero-order valence-electron chi connectivity index (χ0n) is 13.0. The summed E-state index contributed by atoms with van der Waals surface area (Å²) in [6, 6.07) is 12.6. The molecule has 0 saturated heterocycles. The van der Waals surface area contributed by atoms with Gasteiger partial charge in [-0.05, 0) is 60.1 Å². The monoisotopic (exact) mass is 298 g/mol. The second kappa shape index (κ2) is 7.12. The largest absolute Gasteiger partial charge is 0.508 e. The van der Waals surface area contributed by atoms with E-state index in [9.17, 15) is 15.0 Å². The van der Waals surface area contributed by atoms with E-state index in [1.165, 1.54) is 5.56 Å². The molecule has 0 saturated carbocycles. The van der Waals surface area contributed by atoms with Crippen LogP contribution in [0.4, 0.5) is 0 Å². The number of benzene rings is 2. The summed E-state index contributed by atoms with van der Waals surface area (Å²) in [6.07, 6.45) is 2.58. The van der Waals surface area contributed by atoms with Gasteiger partial charge in [0.05, 0.1) is 5.56 Å². The first-order valence-corrected chi connectivity index (χ1v) is 7.67. The number of aromatic hydroxyl groups is 2. The molecule has 0 fully saturated rings. The molecule has 0 spiro atoms. The Hall–Kier alpha value is -2.29. The van der Waals surface area contributed by atoms with Crippen LogP contribution in [0.5, 0.6) is 11.5 Å². The third-order valence-corrected chi connectivity index (χ3v) is 4.29. The fourth-order valence-corrected chi connectivity index (χ4v) is 3.12. The molecule has 0 aliphatic rings. The van der Waals surface area contributed by atoms with Gasteiger partial charge in [0.2, 0.25) is 0 Å². The first-order chi connectivity index (χ1) is 10.6. The number of hydrogen-bond donors (Lipinski definition) is 2. The van der Waals surface area contributed by atoms with Crippen LogP contribution in [0, 0.1) is 0 Å². The van der Waals surface area contributed by atoms with Gasteiger partial charge < -0.3 is 10.2 Å². The quantitative estimate of drug-likeness (QED) is 0.766. The molecule has 0 aromatic heterocycles. The van der Waals surface area contributed by atoms with Crippen LogP contribution in [0.1, 0.15) is 60.0 Å². The van der Waals surface area contributed by atoms with E-state index in [-0.39, 0.29) is 17.4 Å². The van der Waals surface area contributed by atoms with E-state index in [2.05, 4.69) is 13.8 Å². The minimum atomic E-state index is 0.0197. The highest BCUT2D eigenvalue weighted by molar-refractivity contribution is 5.79. The number of phenolic OH excluding ortho intramolecular Hbond substituents is 2. The minimum absolute atomic E-state index is 0.0197. The molecule has 2 aromatic carbocycles. The lowest BCUT2D eigenvalue weighted by Crippen LogP contribution is -2.10. The molecule has 0 amide bonds. The van der Waals surface area contributed by atoms with Crippen LogP contribution in [0.2, 0.25) is 0 Å². The highest BCUT2D eigenvalue weighted by atomic mass is 16.3. The maximum absolute atomic E-state index is 11.0. The van der Waals surface area contributed by atoms with Crippen molar-refractivity contribution in [1.29, 1.82) is 0 Å². The van der Waals surface area contributed by atoms with Crippen molar-refractivity contribution < 1.29 is 15.0 Å². The second-order valence-electron chi connectivity index (χ2n) is 5.56. The lowest BCUT2D eigenvalue weighted by Gasteiger charge is -2.26. The van der Waals surface area contributed by atoms with Crippen molar-refractivity contribution in [3.05, 3.63) is 59.2 Å². The highest BCUT2D eigenvalue weighted by Gasteiger charge is 2.22. The Morgan fingerprint density at radius 1 is 0.909 bits per heavy atom. The van der Waals surface area contributed by atoms with E-state index < -0.39 is 0 Å². The van der Waals surface area contributed by atoms with E-state index in [1.807, 2.05) is 18.2 Å². The topological polar surface area (TPSA) is 57.5 Å². The fraction of sp³-hybridized carbons (Fsp3) is 0.316. The summed E-state index contributed by atoms with van der Waals surface area (Å²) in [5.41, 5.74) is 2.56. The molecule has 0 aliphatic heterocycles. The van der Waals surface area contributed by atoms with Crippen molar-refractivity contribution in [3.63, 3.8) is 0 Å². The highest BCUT2D eigenvalue weighted by Crippen LogP contribution is 2.39. The van der Waals surface area contributed by atoms with Crippen LogP contribution in [0.15, 0.2) is 42.5 Å².